The van der Waals surface area contributed by atoms with Gasteiger partial charge in [0.25, 0.3) is 0 Å². The largest absolute Gasteiger partial charge is 0.463 e. The van der Waals surface area contributed by atoms with Crippen molar-refractivity contribution in [3.05, 3.63) is 59.0 Å². The molecule has 1 heterocycles. The van der Waals surface area contributed by atoms with E-state index in [0.717, 1.165) is 9.86 Å². The van der Waals surface area contributed by atoms with Crippen molar-refractivity contribution in [1.82, 2.24) is 0 Å². The molecule has 1 atom stereocenters. The Labute approximate surface area is 119 Å². The molecule has 5 heteroatoms. The highest BCUT2D eigenvalue weighted by Gasteiger charge is 2.14. The number of hydrogen-bond donors (Lipinski definition) is 0. The van der Waals surface area contributed by atoms with Crippen molar-refractivity contribution < 1.29 is 13.0 Å². The van der Waals surface area contributed by atoms with E-state index < -0.39 is 10.8 Å². The van der Waals surface area contributed by atoms with Crippen LogP contribution in [-0.4, -0.2) is 4.21 Å². The molecule has 1 aromatic heterocycles. The Morgan fingerprint density at radius 1 is 1.11 bits per heavy atom. The molecule has 2 nitrogen and oxygen atoms in total. The first kappa shape index (κ1) is 12.6. The van der Waals surface area contributed by atoms with Gasteiger partial charge in [0.05, 0.1) is 15.7 Å². The van der Waals surface area contributed by atoms with Gasteiger partial charge in [0.1, 0.15) is 17.7 Å². The quantitative estimate of drug-likeness (QED) is 0.688. The summed E-state index contributed by atoms with van der Waals surface area (Å²) >= 11 is 3.35. The van der Waals surface area contributed by atoms with Crippen LogP contribution in [0.5, 0.6) is 0 Å². The van der Waals surface area contributed by atoms with E-state index in [0.29, 0.717) is 15.4 Å². The van der Waals surface area contributed by atoms with E-state index in [4.69, 9.17) is 4.42 Å². The van der Waals surface area contributed by atoms with Gasteiger partial charge in [-0.25, -0.2) is 8.60 Å². The molecule has 0 amide bonds. The average molecular weight is 339 g/mol. The molecule has 0 fully saturated rings. The molecule has 0 saturated heterocycles. The van der Waals surface area contributed by atoms with Crippen LogP contribution in [0.1, 0.15) is 0 Å². The van der Waals surface area contributed by atoms with E-state index in [1.54, 1.807) is 0 Å². The van der Waals surface area contributed by atoms with Crippen LogP contribution >= 0.6 is 15.9 Å². The average Bonchev–Trinajstić information content (AvgIpc) is 2.81. The van der Waals surface area contributed by atoms with Crippen molar-refractivity contribution in [2.45, 2.75) is 9.79 Å². The summed E-state index contributed by atoms with van der Waals surface area (Å²) in [7, 11) is -1.38. The van der Waals surface area contributed by atoms with Gasteiger partial charge in [0.15, 0.2) is 0 Å². The Morgan fingerprint density at radius 3 is 2.58 bits per heavy atom. The summed E-state index contributed by atoms with van der Waals surface area (Å²) in [6.45, 7) is 0. The minimum absolute atomic E-state index is 0.346. The van der Waals surface area contributed by atoms with Crippen LogP contribution < -0.4 is 0 Å². The molecule has 0 N–H and O–H groups in total. The fourth-order valence-corrected chi connectivity index (χ4v) is 3.29. The van der Waals surface area contributed by atoms with Crippen molar-refractivity contribution in [3.63, 3.8) is 0 Å². The summed E-state index contributed by atoms with van der Waals surface area (Å²) in [6, 6.07) is 11.2. The maximum absolute atomic E-state index is 12.9. The molecule has 3 aromatic rings. The third-order valence-electron chi connectivity index (χ3n) is 2.73. The standard InChI is InChI=1S/C14H8BrFO2S/c15-9-1-6-12-13(7-9)18-8-14(12)19(17)11-4-2-10(16)3-5-11/h1-8H. The zero-order chi connectivity index (χ0) is 13.4. The predicted molar refractivity (Wildman–Crippen MR) is 75.0 cm³/mol. The van der Waals surface area contributed by atoms with E-state index in [1.165, 1.54) is 30.5 Å². The minimum atomic E-state index is -1.38. The SMILES string of the molecule is O=S(c1ccc(F)cc1)c1coc2cc(Br)ccc12. The Balaban J connectivity index is 2.09. The molecule has 0 aliphatic rings. The van der Waals surface area contributed by atoms with Crippen LogP contribution in [0, 0.1) is 5.82 Å². The van der Waals surface area contributed by atoms with Gasteiger partial charge >= 0.3 is 0 Å². The van der Waals surface area contributed by atoms with E-state index in [2.05, 4.69) is 15.9 Å². The molecule has 0 bridgehead atoms. The number of rotatable bonds is 2. The molecule has 3 rings (SSSR count). The fraction of sp³-hybridized carbons (Fsp3) is 0. The summed E-state index contributed by atoms with van der Waals surface area (Å²) in [5, 5.41) is 0.797. The lowest BCUT2D eigenvalue weighted by molar-refractivity contribution is 0.605. The van der Waals surface area contributed by atoms with Gasteiger partial charge in [-0.3, -0.25) is 0 Å². The highest BCUT2D eigenvalue weighted by molar-refractivity contribution is 9.10. The first-order valence-corrected chi connectivity index (χ1v) is 7.43. The lowest BCUT2D eigenvalue weighted by atomic mass is 10.3. The molecular formula is C14H8BrFO2S. The van der Waals surface area contributed by atoms with E-state index in [1.807, 2.05) is 18.2 Å². The Kier molecular flexibility index (Phi) is 3.24. The third kappa shape index (κ3) is 2.35. The Morgan fingerprint density at radius 2 is 1.84 bits per heavy atom. The van der Waals surface area contributed by atoms with Crippen LogP contribution in [0.4, 0.5) is 4.39 Å². The van der Waals surface area contributed by atoms with E-state index in [-0.39, 0.29) is 5.82 Å². The molecule has 0 spiro atoms. The fourth-order valence-electron chi connectivity index (χ4n) is 1.81. The molecule has 2 aromatic carbocycles. The van der Waals surface area contributed by atoms with Crippen LogP contribution in [0.15, 0.2) is 67.4 Å². The van der Waals surface area contributed by atoms with E-state index >= 15 is 0 Å². The van der Waals surface area contributed by atoms with E-state index in [9.17, 15) is 8.60 Å². The van der Waals surface area contributed by atoms with Crippen molar-refractivity contribution >= 4 is 37.7 Å². The number of benzene rings is 2. The van der Waals surface area contributed by atoms with Gasteiger partial charge < -0.3 is 4.42 Å². The Bertz CT molecular complexity index is 765. The maximum atomic E-state index is 12.9. The van der Waals surface area contributed by atoms with Crippen molar-refractivity contribution in [2.75, 3.05) is 0 Å². The second kappa shape index (κ2) is 4.90. The molecule has 0 aliphatic carbocycles. The second-order valence-electron chi connectivity index (χ2n) is 3.96. The first-order chi connectivity index (χ1) is 9.15. The highest BCUT2D eigenvalue weighted by atomic mass is 79.9. The highest BCUT2D eigenvalue weighted by Crippen LogP contribution is 2.29. The van der Waals surface area contributed by atoms with Gasteiger partial charge in [-0.2, -0.15) is 0 Å². The van der Waals surface area contributed by atoms with Crippen LogP contribution in [0.3, 0.4) is 0 Å². The predicted octanol–water partition coefficient (Wildman–Crippen LogP) is 4.50. The topological polar surface area (TPSA) is 30.2 Å². The lowest BCUT2D eigenvalue weighted by Gasteiger charge is -2.00. The van der Waals surface area contributed by atoms with Gasteiger partial charge in [0, 0.05) is 14.8 Å². The smallest absolute Gasteiger partial charge is 0.136 e. The normalized spacial score (nSPS) is 12.7. The molecule has 0 radical (unpaired) electrons. The van der Waals surface area contributed by atoms with Gasteiger partial charge in [0.2, 0.25) is 0 Å². The Hall–Kier alpha value is -1.46. The van der Waals surface area contributed by atoms with Gasteiger partial charge in [-0.1, -0.05) is 15.9 Å². The minimum Gasteiger partial charge on any atom is -0.463 e. The third-order valence-corrected chi connectivity index (χ3v) is 4.64. The first-order valence-electron chi connectivity index (χ1n) is 5.49. The van der Waals surface area contributed by atoms with Crippen molar-refractivity contribution in [3.8, 4) is 0 Å². The lowest BCUT2D eigenvalue weighted by Crippen LogP contribution is -1.91. The molecule has 1 unspecified atom stereocenters. The summed E-state index contributed by atoms with van der Waals surface area (Å²) in [5.74, 6) is -0.346. The number of hydrogen-bond acceptors (Lipinski definition) is 2. The molecule has 0 aliphatic heterocycles. The summed E-state index contributed by atoms with van der Waals surface area (Å²) in [4.78, 5) is 1.14. The van der Waals surface area contributed by atoms with Crippen LogP contribution in [0.25, 0.3) is 11.0 Å². The van der Waals surface area contributed by atoms with Crippen molar-refractivity contribution in [1.29, 1.82) is 0 Å². The van der Waals surface area contributed by atoms with Crippen molar-refractivity contribution in [2.24, 2.45) is 0 Å². The number of fused-ring (bicyclic) bond motifs is 1. The number of furan rings is 1. The zero-order valence-corrected chi connectivity index (χ0v) is 12.0. The maximum Gasteiger partial charge on any atom is 0.136 e. The monoisotopic (exact) mass is 338 g/mol. The molecule has 96 valence electrons. The summed E-state index contributed by atoms with van der Waals surface area (Å²) in [6.07, 6.45) is 1.48. The summed E-state index contributed by atoms with van der Waals surface area (Å²) < 4.78 is 31.6. The van der Waals surface area contributed by atoms with Gasteiger partial charge in [-0.15, -0.1) is 0 Å². The molecule has 19 heavy (non-hydrogen) atoms. The second-order valence-corrected chi connectivity index (χ2v) is 6.33. The summed E-state index contributed by atoms with van der Waals surface area (Å²) in [5.41, 5.74) is 0.667. The molecule has 0 saturated carbocycles. The van der Waals surface area contributed by atoms with Crippen LogP contribution in [0.2, 0.25) is 0 Å². The molecular weight excluding hydrogens is 331 g/mol. The van der Waals surface area contributed by atoms with Crippen LogP contribution in [-0.2, 0) is 10.8 Å². The van der Waals surface area contributed by atoms with Gasteiger partial charge in [-0.05, 0) is 42.5 Å². The zero-order valence-electron chi connectivity index (χ0n) is 9.60. The number of halogens is 2.